The quantitative estimate of drug-likeness (QED) is 0.621. The summed E-state index contributed by atoms with van der Waals surface area (Å²) in [5.74, 6) is 7.67. The Kier molecular flexibility index (Phi) is 5.76. The molecule has 0 saturated heterocycles. The molecule has 0 aliphatic carbocycles. The van der Waals surface area contributed by atoms with Crippen LogP contribution in [-0.4, -0.2) is 25.2 Å². The van der Waals surface area contributed by atoms with Gasteiger partial charge in [0.15, 0.2) is 0 Å². The van der Waals surface area contributed by atoms with Crippen LogP contribution >= 0.6 is 11.8 Å². The van der Waals surface area contributed by atoms with Gasteiger partial charge in [0.25, 0.3) is 0 Å². The molecular formula is C12H15NOS. The summed E-state index contributed by atoms with van der Waals surface area (Å²) in [4.78, 5) is 0. The van der Waals surface area contributed by atoms with Crippen LogP contribution in [0.25, 0.3) is 0 Å². The molecule has 1 aromatic rings. The Balaban J connectivity index is 2.49. The molecule has 2 nitrogen and oxygen atoms in total. The predicted octanol–water partition coefficient (Wildman–Crippen LogP) is 1.74. The zero-order chi connectivity index (χ0) is 10.9. The Morgan fingerprint density at radius 2 is 2.07 bits per heavy atom. The van der Waals surface area contributed by atoms with Crippen molar-refractivity contribution in [2.45, 2.75) is 0 Å². The second-order valence-corrected chi connectivity index (χ2v) is 3.86. The topological polar surface area (TPSA) is 35.2 Å². The van der Waals surface area contributed by atoms with Crippen LogP contribution < -0.4 is 10.5 Å². The van der Waals surface area contributed by atoms with Crippen LogP contribution in [0.5, 0.6) is 5.75 Å². The standard InChI is InChI=1S/C12H15NOS/c1-15-10-9-14-12-6-4-11(5-7-12)3-2-8-13/h4-7H,8-10,13H2,1H3. The Labute approximate surface area is 95.2 Å². The van der Waals surface area contributed by atoms with Crippen LogP contribution in [0.4, 0.5) is 0 Å². The van der Waals surface area contributed by atoms with Crippen LogP contribution in [0.15, 0.2) is 24.3 Å². The third-order valence-electron chi connectivity index (χ3n) is 1.75. The largest absolute Gasteiger partial charge is 0.493 e. The van der Waals surface area contributed by atoms with E-state index in [2.05, 4.69) is 18.1 Å². The van der Waals surface area contributed by atoms with Crippen LogP contribution in [0.2, 0.25) is 0 Å². The van der Waals surface area contributed by atoms with Gasteiger partial charge < -0.3 is 10.5 Å². The molecule has 0 aliphatic heterocycles. The van der Waals surface area contributed by atoms with E-state index in [0.717, 1.165) is 23.7 Å². The van der Waals surface area contributed by atoms with Crippen molar-refractivity contribution in [1.29, 1.82) is 0 Å². The van der Waals surface area contributed by atoms with Crippen LogP contribution in [0.1, 0.15) is 5.56 Å². The summed E-state index contributed by atoms with van der Waals surface area (Å²) in [6.07, 6.45) is 2.06. The van der Waals surface area contributed by atoms with Crippen molar-refractivity contribution < 1.29 is 4.74 Å². The van der Waals surface area contributed by atoms with Gasteiger partial charge in [0, 0.05) is 11.3 Å². The Bertz CT molecular complexity index is 337. The fourth-order valence-corrected chi connectivity index (χ4v) is 1.28. The third-order valence-corrected chi connectivity index (χ3v) is 2.32. The number of rotatable bonds is 4. The fourth-order valence-electron chi connectivity index (χ4n) is 1.03. The number of ether oxygens (including phenoxy) is 1. The van der Waals surface area contributed by atoms with Crippen molar-refractivity contribution >= 4 is 11.8 Å². The van der Waals surface area contributed by atoms with Crippen molar-refractivity contribution in [2.24, 2.45) is 5.73 Å². The Hall–Kier alpha value is -1.11. The highest BCUT2D eigenvalue weighted by atomic mass is 32.2. The minimum atomic E-state index is 0.395. The monoisotopic (exact) mass is 221 g/mol. The number of hydrogen-bond acceptors (Lipinski definition) is 3. The minimum Gasteiger partial charge on any atom is -0.493 e. The molecule has 0 fully saturated rings. The highest BCUT2D eigenvalue weighted by Gasteiger charge is 1.92. The summed E-state index contributed by atoms with van der Waals surface area (Å²) in [6.45, 7) is 1.14. The molecule has 0 radical (unpaired) electrons. The second-order valence-electron chi connectivity index (χ2n) is 2.87. The first kappa shape index (κ1) is 12.0. The molecule has 0 spiro atoms. The Morgan fingerprint density at radius 1 is 1.33 bits per heavy atom. The van der Waals surface area contributed by atoms with Gasteiger partial charge in [0.2, 0.25) is 0 Å². The van der Waals surface area contributed by atoms with Gasteiger partial charge >= 0.3 is 0 Å². The van der Waals surface area contributed by atoms with Crippen molar-refractivity contribution in [1.82, 2.24) is 0 Å². The average Bonchev–Trinajstić information content (AvgIpc) is 2.28. The molecule has 15 heavy (non-hydrogen) atoms. The molecule has 0 amide bonds. The van der Waals surface area contributed by atoms with E-state index in [1.807, 2.05) is 24.3 Å². The summed E-state index contributed by atoms with van der Waals surface area (Å²) in [7, 11) is 0. The van der Waals surface area contributed by atoms with Gasteiger partial charge in [-0.2, -0.15) is 11.8 Å². The molecular weight excluding hydrogens is 206 g/mol. The highest BCUT2D eigenvalue weighted by molar-refractivity contribution is 7.98. The molecule has 0 saturated carbocycles. The van der Waals surface area contributed by atoms with Crippen LogP contribution in [0, 0.1) is 11.8 Å². The summed E-state index contributed by atoms with van der Waals surface area (Å²) in [5, 5.41) is 0. The SMILES string of the molecule is CSCCOc1ccc(C#CCN)cc1. The molecule has 80 valence electrons. The van der Waals surface area contributed by atoms with Gasteiger partial charge in [-0.05, 0) is 30.5 Å². The van der Waals surface area contributed by atoms with Gasteiger partial charge in [-0.3, -0.25) is 0 Å². The highest BCUT2D eigenvalue weighted by Crippen LogP contribution is 2.11. The first-order valence-corrected chi connectivity index (χ1v) is 6.17. The van der Waals surface area contributed by atoms with E-state index in [4.69, 9.17) is 10.5 Å². The third kappa shape index (κ3) is 4.78. The van der Waals surface area contributed by atoms with Crippen molar-refractivity contribution in [3.63, 3.8) is 0 Å². The lowest BCUT2D eigenvalue weighted by Crippen LogP contribution is -1.99. The lowest BCUT2D eigenvalue weighted by Gasteiger charge is -2.04. The zero-order valence-corrected chi connectivity index (χ0v) is 9.64. The van der Waals surface area contributed by atoms with E-state index < -0.39 is 0 Å². The van der Waals surface area contributed by atoms with Gasteiger partial charge in [0.1, 0.15) is 5.75 Å². The number of hydrogen-bond donors (Lipinski definition) is 1. The van der Waals surface area contributed by atoms with Gasteiger partial charge in [0.05, 0.1) is 13.2 Å². The van der Waals surface area contributed by atoms with E-state index in [1.54, 1.807) is 11.8 Å². The van der Waals surface area contributed by atoms with Crippen molar-refractivity contribution in [3.05, 3.63) is 29.8 Å². The minimum absolute atomic E-state index is 0.395. The van der Waals surface area contributed by atoms with Crippen LogP contribution in [-0.2, 0) is 0 Å². The van der Waals surface area contributed by atoms with Crippen molar-refractivity contribution in [3.8, 4) is 17.6 Å². The molecule has 2 N–H and O–H groups in total. The molecule has 0 aromatic heterocycles. The molecule has 1 rings (SSSR count). The van der Waals surface area contributed by atoms with Gasteiger partial charge in [-0.15, -0.1) is 0 Å². The number of benzene rings is 1. The molecule has 0 bridgehead atoms. The van der Waals surface area contributed by atoms with E-state index in [1.165, 1.54) is 0 Å². The summed E-state index contributed by atoms with van der Waals surface area (Å²) in [5.41, 5.74) is 6.26. The maximum atomic E-state index is 5.51. The first-order valence-electron chi connectivity index (χ1n) is 4.77. The van der Waals surface area contributed by atoms with E-state index in [0.29, 0.717) is 6.54 Å². The maximum Gasteiger partial charge on any atom is 0.119 e. The molecule has 0 heterocycles. The molecule has 3 heteroatoms. The molecule has 1 aromatic carbocycles. The maximum absolute atomic E-state index is 5.51. The van der Waals surface area contributed by atoms with E-state index in [9.17, 15) is 0 Å². The van der Waals surface area contributed by atoms with Crippen molar-refractivity contribution in [2.75, 3.05) is 25.2 Å². The predicted molar refractivity (Wildman–Crippen MR) is 66.3 cm³/mol. The lowest BCUT2D eigenvalue weighted by molar-refractivity contribution is 0.344. The number of thioether (sulfide) groups is 1. The first-order chi connectivity index (χ1) is 7.36. The van der Waals surface area contributed by atoms with Gasteiger partial charge in [-0.25, -0.2) is 0 Å². The van der Waals surface area contributed by atoms with E-state index in [-0.39, 0.29) is 0 Å². The molecule has 0 atom stereocenters. The lowest BCUT2D eigenvalue weighted by atomic mass is 10.2. The number of nitrogens with two attached hydrogens (primary N) is 1. The zero-order valence-electron chi connectivity index (χ0n) is 8.82. The van der Waals surface area contributed by atoms with Gasteiger partial charge in [-0.1, -0.05) is 11.8 Å². The smallest absolute Gasteiger partial charge is 0.119 e. The normalized spacial score (nSPS) is 9.20. The van der Waals surface area contributed by atoms with E-state index >= 15 is 0 Å². The second kappa shape index (κ2) is 7.22. The summed E-state index contributed by atoms with van der Waals surface area (Å²) < 4.78 is 5.51. The summed E-state index contributed by atoms with van der Waals surface area (Å²) >= 11 is 1.77. The fraction of sp³-hybridized carbons (Fsp3) is 0.333. The summed E-state index contributed by atoms with van der Waals surface area (Å²) in [6, 6.07) is 7.75. The molecule has 0 unspecified atom stereocenters. The Morgan fingerprint density at radius 3 is 2.67 bits per heavy atom. The van der Waals surface area contributed by atoms with Crippen LogP contribution in [0.3, 0.4) is 0 Å². The average molecular weight is 221 g/mol. The molecule has 0 aliphatic rings.